The van der Waals surface area contributed by atoms with Gasteiger partial charge in [0.25, 0.3) is 0 Å². The molecule has 0 radical (unpaired) electrons. The standard InChI is InChI=1S/C20H38N2O6/c1-10-11-12-27-17(25)15(20(6,7)13-23)22(9)16(24)14(2)21(8)18(26)28-19(3,4)5/h14-15,23H,10-13H2,1-9H3/t14-,15-/m1/s1. The van der Waals surface area contributed by atoms with Gasteiger partial charge < -0.3 is 19.5 Å². The number of ether oxygens (including phenoxy) is 2. The van der Waals surface area contributed by atoms with Crippen LogP contribution in [0.1, 0.15) is 61.3 Å². The Bertz CT molecular complexity index is 541. The lowest BCUT2D eigenvalue weighted by Gasteiger charge is -2.39. The third-order valence-corrected chi connectivity index (χ3v) is 4.47. The van der Waals surface area contributed by atoms with Crippen LogP contribution >= 0.6 is 0 Å². The van der Waals surface area contributed by atoms with Crippen LogP contribution in [0.3, 0.4) is 0 Å². The highest BCUT2D eigenvalue weighted by molar-refractivity contribution is 5.89. The summed E-state index contributed by atoms with van der Waals surface area (Å²) in [4.78, 5) is 40.3. The van der Waals surface area contributed by atoms with Gasteiger partial charge in [-0.15, -0.1) is 0 Å². The van der Waals surface area contributed by atoms with E-state index in [9.17, 15) is 19.5 Å². The van der Waals surface area contributed by atoms with Gasteiger partial charge in [0.15, 0.2) is 0 Å². The van der Waals surface area contributed by atoms with Crippen molar-refractivity contribution in [2.75, 3.05) is 27.3 Å². The van der Waals surface area contributed by atoms with Crippen molar-refractivity contribution in [3.63, 3.8) is 0 Å². The lowest BCUT2D eigenvalue weighted by Crippen LogP contribution is -2.57. The van der Waals surface area contributed by atoms with E-state index < -0.39 is 41.1 Å². The minimum atomic E-state index is -0.989. The van der Waals surface area contributed by atoms with Crippen LogP contribution in [0.5, 0.6) is 0 Å². The van der Waals surface area contributed by atoms with Crippen LogP contribution in [-0.4, -0.2) is 77.9 Å². The summed E-state index contributed by atoms with van der Waals surface area (Å²) in [5, 5.41) is 9.75. The molecule has 0 saturated carbocycles. The molecule has 0 bridgehead atoms. The summed E-state index contributed by atoms with van der Waals surface area (Å²) < 4.78 is 10.6. The summed E-state index contributed by atoms with van der Waals surface area (Å²) in [6, 6.07) is -1.85. The quantitative estimate of drug-likeness (QED) is 0.470. The largest absolute Gasteiger partial charge is 0.464 e. The van der Waals surface area contributed by atoms with E-state index in [1.807, 2.05) is 6.92 Å². The Morgan fingerprint density at radius 3 is 2.00 bits per heavy atom. The highest BCUT2D eigenvalue weighted by Gasteiger charge is 2.43. The second kappa shape index (κ2) is 10.6. The molecule has 0 fully saturated rings. The average molecular weight is 403 g/mol. The van der Waals surface area contributed by atoms with E-state index in [0.717, 1.165) is 6.42 Å². The first kappa shape index (κ1) is 26.2. The first-order valence-electron chi connectivity index (χ1n) is 9.69. The zero-order valence-corrected chi connectivity index (χ0v) is 18.9. The molecular weight excluding hydrogens is 364 g/mol. The fraction of sp³-hybridized carbons (Fsp3) is 0.850. The van der Waals surface area contributed by atoms with Crippen LogP contribution in [0.15, 0.2) is 0 Å². The first-order valence-corrected chi connectivity index (χ1v) is 9.69. The van der Waals surface area contributed by atoms with E-state index in [1.54, 1.807) is 41.5 Å². The van der Waals surface area contributed by atoms with Crippen molar-refractivity contribution < 1.29 is 29.0 Å². The smallest absolute Gasteiger partial charge is 0.410 e. The minimum absolute atomic E-state index is 0.253. The second-order valence-corrected chi connectivity index (χ2v) is 8.79. The summed E-state index contributed by atoms with van der Waals surface area (Å²) in [5.41, 5.74) is -1.61. The van der Waals surface area contributed by atoms with Gasteiger partial charge in [0.05, 0.1) is 13.2 Å². The van der Waals surface area contributed by atoms with Crippen molar-refractivity contribution in [1.29, 1.82) is 0 Å². The molecule has 0 spiro atoms. The summed E-state index contributed by atoms with van der Waals surface area (Å²) in [6.45, 7) is 12.1. The molecule has 0 heterocycles. The normalized spacial score (nSPS) is 14.1. The summed E-state index contributed by atoms with van der Waals surface area (Å²) in [7, 11) is 2.95. The second-order valence-electron chi connectivity index (χ2n) is 8.79. The van der Waals surface area contributed by atoms with Crippen LogP contribution in [0, 0.1) is 5.41 Å². The first-order chi connectivity index (χ1) is 12.7. The number of carbonyl (C=O) groups excluding carboxylic acids is 3. The van der Waals surface area contributed by atoms with Crippen molar-refractivity contribution in [2.45, 2.75) is 79.0 Å². The van der Waals surface area contributed by atoms with Crippen molar-refractivity contribution in [3.05, 3.63) is 0 Å². The SMILES string of the molecule is CCCCOC(=O)[C@@H](N(C)C(=O)[C@@H](C)N(C)C(=O)OC(C)(C)C)C(C)(C)CO. The number of amides is 2. The van der Waals surface area contributed by atoms with Gasteiger partial charge in [-0.2, -0.15) is 0 Å². The van der Waals surface area contributed by atoms with Gasteiger partial charge in [-0.05, 0) is 34.1 Å². The van der Waals surface area contributed by atoms with Gasteiger partial charge in [-0.3, -0.25) is 9.69 Å². The molecule has 28 heavy (non-hydrogen) atoms. The molecule has 1 N–H and O–H groups in total. The average Bonchev–Trinajstić information content (AvgIpc) is 2.58. The number of hydrogen-bond donors (Lipinski definition) is 1. The van der Waals surface area contributed by atoms with Crippen LogP contribution in [-0.2, 0) is 19.1 Å². The van der Waals surface area contributed by atoms with E-state index in [4.69, 9.17) is 9.47 Å². The van der Waals surface area contributed by atoms with Gasteiger partial charge in [-0.25, -0.2) is 9.59 Å². The number of esters is 1. The lowest BCUT2D eigenvalue weighted by molar-refractivity contribution is -0.162. The highest BCUT2D eigenvalue weighted by atomic mass is 16.6. The Hall–Kier alpha value is -1.83. The van der Waals surface area contributed by atoms with Gasteiger partial charge >= 0.3 is 12.1 Å². The zero-order valence-electron chi connectivity index (χ0n) is 18.9. The highest BCUT2D eigenvalue weighted by Crippen LogP contribution is 2.26. The van der Waals surface area contributed by atoms with Crippen molar-refractivity contribution in [3.8, 4) is 0 Å². The van der Waals surface area contributed by atoms with Crippen molar-refractivity contribution in [2.24, 2.45) is 5.41 Å². The molecule has 164 valence electrons. The van der Waals surface area contributed by atoms with E-state index in [0.29, 0.717) is 6.42 Å². The molecule has 2 atom stereocenters. The van der Waals surface area contributed by atoms with Crippen LogP contribution < -0.4 is 0 Å². The number of likely N-dealkylation sites (N-methyl/N-ethyl adjacent to an activating group) is 2. The maximum absolute atomic E-state index is 13.0. The van der Waals surface area contributed by atoms with E-state index >= 15 is 0 Å². The number of nitrogens with zero attached hydrogens (tertiary/aromatic N) is 2. The van der Waals surface area contributed by atoms with Crippen LogP contribution in [0.2, 0.25) is 0 Å². The molecule has 0 saturated heterocycles. The fourth-order valence-corrected chi connectivity index (χ4v) is 2.56. The molecule has 0 aromatic heterocycles. The van der Waals surface area contributed by atoms with Crippen LogP contribution in [0.4, 0.5) is 4.79 Å². The van der Waals surface area contributed by atoms with E-state index in [1.165, 1.54) is 23.9 Å². The Morgan fingerprint density at radius 2 is 1.57 bits per heavy atom. The third kappa shape index (κ3) is 7.66. The van der Waals surface area contributed by atoms with E-state index in [-0.39, 0.29) is 13.2 Å². The van der Waals surface area contributed by atoms with E-state index in [2.05, 4.69) is 0 Å². The topological polar surface area (TPSA) is 96.4 Å². The molecule has 0 aromatic rings. The molecule has 0 unspecified atom stereocenters. The maximum atomic E-state index is 13.0. The summed E-state index contributed by atoms with van der Waals surface area (Å²) in [6.07, 6.45) is 0.951. The molecule has 0 rings (SSSR count). The summed E-state index contributed by atoms with van der Waals surface area (Å²) >= 11 is 0. The lowest BCUT2D eigenvalue weighted by atomic mass is 9.84. The molecule has 2 amide bonds. The molecule has 0 aliphatic heterocycles. The van der Waals surface area contributed by atoms with Crippen molar-refractivity contribution >= 4 is 18.0 Å². The predicted octanol–water partition coefficient (Wildman–Crippen LogP) is 2.43. The predicted molar refractivity (Wildman–Crippen MR) is 107 cm³/mol. The minimum Gasteiger partial charge on any atom is -0.464 e. The van der Waals surface area contributed by atoms with Gasteiger partial charge in [0.2, 0.25) is 5.91 Å². The number of aliphatic hydroxyl groups is 1. The summed E-state index contributed by atoms with van der Waals surface area (Å²) in [5.74, 6) is -1.03. The van der Waals surface area contributed by atoms with Crippen LogP contribution in [0.25, 0.3) is 0 Å². The van der Waals surface area contributed by atoms with Gasteiger partial charge in [0.1, 0.15) is 17.7 Å². The van der Waals surface area contributed by atoms with Crippen molar-refractivity contribution in [1.82, 2.24) is 9.80 Å². The van der Waals surface area contributed by atoms with Gasteiger partial charge in [-0.1, -0.05) is 27.2 Å². The maximum Gasteiger partial charge on any atom is 0.410 e. The Balaban J connectivity index is 5.44. The molecule has 8 nitrogen and oxygen atoms in total. The molecule has 8 heteroatoms. The molecule has 0 aliphatic rings. The molecule has 0 aromatic carbocycles. The molecule has 0 aliphatic carbocycles. The Morgan fingerprint density at radius 1 is 1.04 bits per heavy atom. The number of hydrogen-bond acceptors (Lipinski definition) is 6. The number of unbranched alkanes of at least 4 members (excludes halogenated alkanes) is 1. The molecular formula is C20H38N2O6. The number of carbonyl (C=O) groups is 3. The fourth-order valence-electron chi connectivity index (χ4n) is 2.56. The monoisotopic (exact) mass is 402 g/mol. The Kier molecular flexibility index (Phi) is 9.95. The van der Waals surface area contributed by atoms with Gasteiger partial charge in [0, 0.05) is 19.5 Å². The number of rotatable bonds is 9. The third-order valence-electron chi connectivity index (χ3n) is 4.47. The Labute approximate surface area is 169 Å². The number of aliphatic hydroxyl groups excluding tert-OH is 1. The zero-order chi connectivity index (χ0) is 22.3.